The number of hydrogen-bond donors (Lipinski definition) is 0. The molecule has 10 aromatic rings. The van der Waals surface area contributed by atoms with Crippen LogP contribution in [0.25, 0.3) is 76.9 Å². The minimum atomic E-state index is -0.123. The summed E-state index contributed by atoms with van der Waals surface area (Å²) < 4.78 is 6.61. The fourth-order valence-corrected chi connectivity index (χ4v) is 9.18. The van der Waals surface area contributed by atoms with Crippen LogP contribution in [0.15, 0.2) is 192 Å². The SMILES string of the molecule is CC1(C)c2ccccc2-c2ccc(N(c3cccc(-c4cccc5ccccc45)c3)c3cccc(-c4cccc5oc6c7ccccc7ccc6c45)c3)cc21. The van der Waals surface area contributed by atoms with Crippen molar-refractivity contribution >= 4 is 60.5 Å². The molecule has 0 saturated heterocycles. The van der Waals surface area contributed by atoms with Crippen LogP contribution >= 0.6 is 0 Å². The molecule has 1 aliphatic carbocycles. The molecule has 1 aromatic heterocycles. The second-order valence-corrected chi connectivity index (χ2v) is 15.3. The van der Waals surface area contributed by atoms with Gasteiger partial charge in [-0.3, -0.25) is 0 Å². The average molecular weight is 704 g/mol. The average Bonchev–Trinajstić information content (AvgIpc) is 3.73. The standard InChI is InChI=1S/C53H37NO/c1-53(2)48-25-8-7-22-45(48)46-30-28-40(33-49(46)53)54(38-18-9-16-36(31-38)42-23-11-15-34-13-3-5-20-41(34)42)39-19-10-17-37(32-39)43-24-12-26-50-51(43)47-29-27-35-14-4-6-21-44(35)52(47)55-50/h3-33H,1-2H3. The van der Waals surface area contributed by atoms with E-state index in [-0.39, 0.29) is 5.41 Å². The van der Waals surface area contributed by atoms with Gasteiger partial charge in [0.05, 0.1) is 0 Å². The lowest BCUT2D eigenvalue weighted by Gasteiger charge is -2.29. The maximum Gasteiger partial charge on any atom is 0.143 e. The van der Waals surface area contributed by atoms with Crippen LogP contribution in [0.4, 0.5) is 17.1 Å². The van der Waals surface area contributed by atoms with E-state index in [1.165, 1.54) is 49.5 Å². The summed E-state index contributed by atoms with van der Waals surface area (Å²) in [7, 11) is 0. The van der Waals surface area contributed by atoms with Gasteiger partial charge < -0.3 is 9.32 Å². The van der Waals surface area contributed by atoms with Gasteiger partial charge >= 0.3 is 0 Å². The number of fused-ring (bicyclic) bond motifs is 9. The Kier molecular flexibility index (Phi) is 6.93. The number of anilines is 3. The van der Waals surface area contributed by atoms with E-state index in [4.69, 9.17) is 4.42 Å². The smallest absolute Gasteiger partial charge is 0.143 e. The Morgan fingerprint density at radius 1 is 0.400 bits per heavy atom. The van der Waals surface area contributed by atoms with Gasteiger partial charge in [0.2, 0.25) is 0 Å². The Bertz CT molecular complexity index is 3140. The van der Waals surface area contributed by atoms with E-state index in [0.29, 0.717) is 0 Å². The lowest BCUT2D eigenvalue weighted by Crippen LogP contribution is -2.16. The molecule has 0 spiro atoms. The molecule has 0 N–H and O–H groups in total. The van der Waals surface area contributed by atoms with Gasteiger partial charge in [0.25, 0.3) is 0 Å². The van der Waals surface area contributed by atoms with Crippen molar-refractivity contribution in [1.82, 2.24) is 0 Å². The van der Waals surface area contributed by atoms with Crippen LogP contribution in [0, 0.1) is 0 Å². The van der Waals surface area contributed by atoms with Crippen molar-refractivity contribution in [2.75, 3.05) is 4.90 Å². The number of rotatable bonds is 5. The van der Waals surface area contributed by atoms with Gasteiger partial charge in [0, 0.05) is 38.6 Å². The quantitative estimate of drug-likeness (QED) is 0.177. The Hall–Kier alpha value is -6.90. The highest BCUT2D eigenvalue weighted by Crippen LogP contribution is 2.51. The molecule has 0 atom stereocenters. The minimum Gasteiger partial charge on any atom is -0.455 e. The molecule has 2 nitrogen and oxygen atoms in total. The number of benzene rings is 9. The van der Waals surface area contributed by atoms with Gasteiger partial charge in [-0.1, -0.05) is 153 Å². The van der Waals surface area contributed by atoms with Crippen molar-refractivity contribution in [3.05, 3.63) is 199 Å². The Morgan fingerprint density at radius 3 is 1.80 bits per heavy atom. The summed E-state index contributed by atoms with van der Waals surface area (Å²) in [4.78, 5) is 2.43. The monoisotopic (exact) mass is 703 g/mol. The third-order valence-corrected chi connectivity index (χ3v) is 11.8. The zero-order valence-electron chi connectivity index (χ0n) is 30.8. The van der Waals surface area contributed by atoms with Gasteiger partial charge in [-0.2, -0.15) is 0 Å². The van der Waals surface area contributed by atoms with Gasteiger partial charge in [-0.25, -0.2) is 0 Å². The Labute approximate surface area is 320 Å². The lowest BCUT2D eigenvalue weighted by molar-refractivity contribution is 0.660. The Morgan fingerprint density at radius 2 is 0.982 bits per heavy atom. The fourth-order valence-electron chi connectivity index (χ4n) is 9.18. The van der Waals surface area contributed by atoms with Crippen molar-refractivity contribution in [3.63, 3.8) is 0 Å². The highest BCUT2D eigenvalue weighted by atomic mass is 16.3. The molecule has 1 heterocycles. The van der Waals surface area contributed by atoms with Crippen LogP contribution in [0.5, 0.6) is 0 Å². The molecule has 0 saturated carbocycles. The van der Waals surface area contributed by atoms with E-state index in [1.807, 2.05) is 0 Å². The highest BCUT2D eigenvalue weighted by Gasteiger charge is 2.35. The van der Waals surface area contributed by atoms with Gasteiger partial charge in [-0.15, -0.1) is 0 Å². The van der Waals surface area contributed by atoms with E-state index < -0.39 is 0 Å². The molecule has 55 heavy (non-hydrogen) atoms. The molecule has 260 valence electrons. The van der Waals surface area contributed by atoms with E-state index in [0.717, 1.165) is 55.5 Å². The van der Waals surface area contributed by atoms with Gasteiger partial charge in [-0.05, 0) is 109 Å². The first-order valence-electron chi connectivity index (χ1n) is 19.1. The van der Waals surface area contributed by atoms with Gasteiger partial charge in [0.15, 0.2) is 0 Å². The molecule has 9 aromatic carbocycles. The summed E-state index contributed by atoms with van der Waals surface area (Å²) in [5.41, 5.74) is 15.1. The summed E-state index contributed by atoms with van der Waals surface area (Å²) in [5, 5.41) is 7.08. The molecule has 11 rings (SSSR count). The third-order valence-electron chi connectivity index (χ3n) is 11.8. The molecule has 0 aliphatic heterocycles. The second-order valence-electron chi connectivity index (χ2n) is 15.3. The maximum absolute atomic E-state index is 6.61. The number of nitrogens with zero attached hydrogens (tertiary/aromatic N) is 1. The van der Waals surface area contributed by atoms with Crippen LogP contribution in [-0.4, -0.2) is 0 Å². The van der Waals surface area contributed by atoms with E-state index in [9.17, 15) is 0 Å². The topological polar surface area (TPSA) is 16.4 Å². The van der Waals surface area contributed by atoms with Crippen LogP contribution in [0.3, 0.4) is 0 Å². The molecule has 0 unspecified atom stereocenters. The van der Waals surface area contributed by atoms with Crippen LogP contribution in [0.1, 0.15) is 25.0 Å². The van der Waals surface area contributed by atoms with Crippen molar-refractivity contribution < 1.29 is 4.42 Å². The highest BCUT2D eigenvalue weighted by molar-refractivity contribution is 6.19. The van der Waals surface area contributed by atoms with E-state index in [1.54, 1.807) is 0 Å². The predicted molar refractivity (Wildman–Crippen MR) is 232 cm³/mol. The fraction of sp³-hybridized carbons (Fsp3) is 0.0566. The van der Waals surface area contributed by atoms with Crippen LogP contribution in [0.2, 0.25) is 0 Å². The molecule has 0 bridgehead atoms. The lowest BCUT2D eigenvalue weighted by atomic mass is 9.82. The van der Waals surface area contributed by atoms with Crippen molar-refractivity contribution in [2.45, 2.75) is 19.3 Å². The first kappa shape index (κ1) is 31.6. The van der Waals surface area contributed by atoms with Gasteiger partial charge in [0.1, 0.15) is 11.2 Å². The summed E-state index contributed by atoms with van der Waals surface area (Å²) in [5.74, 6) is 0. The molecule has 2 heteroatoms. The molecule has 0 fully saturated rings. The van der Waals surface area contributed by atoms with Crippen LogP contribution < -0.4 is 4.90 Å². The first-order valence-corrected chi connectivity index (χ1v) is 19.1. The first-order chi connectivity index (χ1) is 27.0. The normalized spacial score (nSPS) is 13.1. The molecule has 0 amide bonds. The van der Waals surface area contributed by atoms with Crippen molar-refractivity contribution in [2.24, 2.45) is 0 Å². The second kappa shape index (κ2) is 12.1. The largest absolute Gasteiger partial charge is 0.455 e. The third kappa shape index (κ3) is 4.88. The predicted octanol–water partition coefficient (Wildman–Crippen LogP) is 15.0. The van der Waals surface area contributed by atoms with Crippen LogP contribution in [-0.2, 0) is 5.41 Å². The number of hydrogen-bond acceptors (Lipinski definition) is 2. The maximum atomic E-state index is 6.61. The van der Waals surface area contributed by atoms with E-state index >= 15 is 0 Å². The molecular formula is C53H37NO. The number of furan rings is 1. The van der Waals surface area contributed by atoms with Crippen molar-refractivity contribution in [3.8, 4) is 33.4 Å². The summed E-state index contributed by atoms with van der Waals surface area (Å²) in [6.45, 7) is 4.71. The zero-order chi connectivity index (χ0) is 36.7. The molecule has 0 radical (unpaired) electrons. The van der Waals surface area contributed by atoms with Crippen molar-refractivity contribution in [1.29, 1.82) is 0 Å². The zero-order valence-corrected chi connectivity index (χ0v) is 30.8. The summed E-state index contributed by atoms with van der Waals surface area (Å²) in [6, 6.07) is 68.5. The molecule has 1 aliphatic rings. The molecular weight excluding hydrogens is 667 g/mol. The minimum absolute atomic E-state index is 0.123. The van der Waals surface area contributed by atoms with E-state index in [2.05, 4.69) is 207 Å². The Balaban J connectivity index is 1.11. The summed E-state index contributed by atoms with van der Waals surface area (Å²) >= 11 is 0. The summed E-state index contributed by atoms with van der Waals surface area (Å²) in [6.07, 6.45) is 0.